The molecule has 2 rings (SSSR count). The zero-order valence-corrected chi connectivity index (χ0v) is 36.7. The summed E-state index contributed by atoms with van der Waals surface area (Å²) in [7, 11) is 0. The number of hydrogen-bond acceptors (Lipinski definition) is 15. The van der Waals surface area contributed by atoms with Gasteiger partial charge >= 0.3 is 11.9 Å². The van der Waals surface area contributed by atoms with Crippen LogP contribution < -0.4 is 0 Å². The third-order valence-electron chi connectivity index (χ3n) is 11.2. The fraction of sp³-hybridized carbons (Fsp3) is 0.911. The van der Waals surface area contributed by atoms with Gasteiger partial charge in [0.25, 0.3) is 0 Å². The van der Waals surface area contributed by atoms with Crippen molar-refractivity contribution in [1.82, 2.24) is 0 Å². The van der Waals surface area contributed by atoms with Gasteiger partial charge in [-0.25, -0.2) is 0 Å². The monoisotopic (exact) mass is 863 g/mol. The zero-order chi connectivity index (χ0) is 44.0. The summed E-state index contributed by atoms with van der Waals surface area (Å²) >= 11 is 0. The highest BCUT2D eigenvalue weighted by Gasteiger charge is 2.47. The molecule has 7 N–H and O–H groups in total. The van der Waals surface area contributed by atoms with Crippen molar-refractivity contribution < 1.29 is 73.8 Å². The third kappa shape index (κ3) is 22.5. The molecule has 0 aromatic heterocycles. The van der Waals surface area contributed by atoms with Gasteiger partial charge in [-0.3, -0.25) is 9.59 Å². The van der Waals surface area contributed by atoms with Crippen LogP contribution in [-0.4, -0.2) is 142 Å². The van der Waals surface area contributed by atoms with E-state index in [2.05, 4.69) is 26.0 Å². The van der Waals surface area contributed by atoms with Gasteiger partial charge in [-0.05, 0) is 38.5 Å². The van der Waals surface area contributed by atoms with E-state index in [1.165, 1.54) is 70.6 Å². The number of rotatable bonds is 35. The Morgan fingerprint density at radius 1 is 0.517 bits per heavy atom. The molecule has 0 aromatic carbocycles. The van der Waals surface area contributed by atoms with Crippen LogP contribution in [0.1, 0.15) is 168 Å². The number of hydrogen-bond donors (Lipinski definition) is 7. The highest BCUT2D eigenvalue weighted by Crippen LogP contribution is 2.26. The number of carbonyl (C=O) groups excluding carboxylic acids is 2. The van der Waals surface area contributed by atoms with Crippen molar-refractivity contribution in [1.29, 1.82) is 0 Å². The normalized spacial score (nSPS) is 27.6. The van der Waals surface area contributed by atoms with Crippen molar-refractivity contribution in [2.75, 3.05) is 26.4 Å². The molecule has 0 aliphatic carbocycles. The lowest BCUT2D eigenvalue weighted by Gasteiger charge is -2.42. The second kappa shape index (κ2) is 33.8. The van der Waals surface area contributed by atoms with Gasteiger partial charge in [0, 0.05) is 12.8 Å². The Balaban J connectivity index is 1.85. The first kappa shape index (κ1) is 54.4. The fourth-order valence-electron chi connectivity index (χ4n) is 7.33. The highest BCUT2D eigenvalue weighted by molar-refractivity contribution is 5.70. The first-order valence-corrected chi connectivity index (χ1v) is 23.3. The molecule has 11 atom stereocenters. The Morgan fingerprint density at radius 2 is 0.950 bits per heavy atom. The minimum absolute atomic E-state index is 0.159. The largest absolute Gasteiger partial charge is 0.462 e. The maximum atomic E-state index is 12.9. The first-order valence-electron chi connectivity index (χ1n) is 23.3. The fourth-order valence-corrected chi connectivity index (χ4v) is 7.33. The lowest BCUT2D eigenvalue weighted by Crippen LogP contribution is -2.61. The summed E-state index contributed by atoms with van der Waals surface area (Å²) in [6.07, 6.45) is 12.6. The van der Waals surface area contributed by atoms with Crippen LogP contribution in [0.15, 0.2) is 12.2 Å². The van der Waals surface area contributed by atoms with Gasteiger partial charge in [0.05, 0.1) is 19.8 Å². The molecular weight excluding hydrogens is 780 g/mol. The molecule has 2 saturated heterocycles. The molecule has 352 valence electrons. The second-order valence-electron chi connectivity index (χ2n) is 16.6. The van der Waals surface area contributed by atoms with Gasteiger partial charge in [0.2, 0.25) is 0 Å². The number of unbranched alkanes of at least 4 members (excludes halogenated alkanes) is 19. The van der Waals surface area contributed by atoms with Gasteiger partial charge in [-0.1, -0.05) is 129 Å². The molecule has 15 heteroatoms. The van der Waals surface area contributed by atoms with Crippen molar-refractivity contribution in [2.24, 2.45) is 0 Å². The molecule has 2 aliphatic heterocycles. The van der Waals surface area contributed by atoms with Crippen molar-refractivity contribution in [2.45, 2.75) is 235 Å². The molecule has 0 radical (unpaired) electrons. The molecule has 2 fully saturated rings. The van der Waals surface area contributed by atoms with E-state index in [1.54, 1.807) is 0 Å². The predicted molar refractivity (Wildman–Crippen MR) is 224 cm³/mol. The topological polar surface area (TPSA) is 231 Å². The Hall–Kier alpha value is -1.76. The summed E-state index contributed by atoms with van der Waals surface area (Å²) in [5, 5.41) is 71.8. The zero-order valence-electron chi connectivity index (χ0n) is 36.7. The van der Waals surface area contributed by atoms with Crippen LogP contribution in [0.3, 0.4) is 0 Å². The number of allylic oxidation sites excluding steroid dienone is 2. The lowest BCUT2D eigenvalue weighted by molar-refractivity contribution is -0.332. The molecule has 0 spiro atoms. The number of esters is 2. The van der Waals surface area contributed by atoms with Crippen LogP contribution in [0, 0.1) is 0 Å². The van der Waals surface area contributed by atoms with Crippen LogP contribution in [0.25, 0.3) is 0 Å². The van der Waals surface area contributed by atoms with E-state index < -0.39 is 92.7 Å². The SMILES string of the molecule is CCCCCCC/C=C\CCCCCCCC(=O)OC(COC(=O)CCCCCCCCCCCC)COC1OC(COC2OC(CO)C(O)C(O)C2O)C(O)C(O)C1O. The smallest absolute Gasteiger partial charge is 0.306 e. The van der Waals surface area contributed by atoms with Crippen LogP contribution in [0.5, 0.6) is 0 Å². The van der Waals surface area contributed by atoms with Gasteiger partial charge in [-0.15, -0.1) is 0 Å². The molecule has 60 heavy (non-hydrogen) atoms. The predicted octanol–water partition coefficient (Wildman–Crippen LogP) is 5.04. The van der Waals surface area contributed by atoms with Gasteiger partial charge < -0.3 is 64.2 Å². The number of aliphatic hydroxyl groups excluding tert-OH is 7. The van der Waals surface area contributed by atoms with Crippen molar-refractivity contribution in [3.63, 3.8) is 0 Å². The molecule has 2 heterocycles. The summed E-state index contributed by atoms with van der Waals surface area (Å²) in [5.74, 6) is -0.932. The number of ether oxygens (including phenoxy) is 6. The Bertz CT molecular complexity index is 1110. The number of carbonyl (C=O) groups is 2. The van der Waals surface area contributed by atoms with E-state index >= 15 is 0 Å². The maximum absolute atomic E-state index is 12.9. The standard InChI is InChI=1S/C45H82O15/c1-3-5-7-9-11-13-15-16-17-18-20-22-24-26-28-37(48)58-33(30-55-36(47)27-25-23-21-19-14-12-10-8-6-4-2)31-56-44-43(54)41(52)39(50)35(60-44)32-57-45-42(53)40(51)38(49)34(29-46)59-45/h15-16,33-35,38-46,49-54H,3-14,17-32H2,1-2H3/b16-15-. The van der Waals surface area contributed by atoms with E-state index in [-0.39, 0.29) is 26.1 Å². The number of aliphatic hydroxyl groups is 7. The molecule has 0 aromatic rings. The van der Waals surface area contributed by atoms with Crippen molar-refractivity contribution >= 4 is 11.9 Å². The molecule has 0 saturated carbocycles. The van der Waals surface area contributed by atoms with E-state index in [4.69, 9.17) is 28.4 Å². The highest BCUT2D eigenvalue weighted by atomic mass is 16.7. The average Bonchev–Trinajstić information content (AvgIpc) is 3.24. The van der Waals surface area contributed by atoms with E-state index in [9.17, 15) is 45.3 Å². The van der Waals surface area contributed by atoms with Gasteiger partial charge in [0.1, 0.15) is 55.4 Å². The Kier molecular flexibility index (Phi) is 30.6. The maximum Gasteiger partial charge on any atom is 0.306 e. The minimum atomic E-state index is -1.76. The molecule has 2 aliphatic rings. The second-order valence-corrected chi connectivity index (χ2v) is 16.6. The quantitative estimate of drug-likeness (QED) is 0.0252. The lowest BCUT2D eigenvalue weighted by atomic mass is 9.98. The third-order valence-corrected chi connectivity index (χ3v) is 11.2. The molecule has 15 nitrogen and oxygen atoms in total. The van der Waals surface area contributed by atoms with E-state index in [0.29, 0.717) is 12.8 Å². The first-order chi connectivity index (χ1) is 29.0. The summed E-state index contributed by atoms with van der Waals surface area (Å²) in [4.78, 5) is 25.6. The van der Waals surface area contributed by atoms with Gasteiger partial charge in [0.15, 0.2) is 18.7 Å². The summed E-state index contributed by atoms with van der Waals surface area (Å²) < 4.78 is 33.4. The molecule has 11 unspecified atom stereocenters. The minimum Gasteiger partial charge on any atom is -0.462 e. The Labute approximate surface area is 359 Å². The molecule has 0 amide bonds. The van der Waals surface area contributed by atoms with Crippen LogP contribution >= 0.6 is 0 Å². The summed E-state index contributed by atoms with van der Waals surface area (Å²) in [5.41, 5.74) is 0. The van der Waals surface area contributed by atoms with Crippen molar-refractivity contribution in [3.05, 3.63) is 12.2 Å². The van der Waals surface area contributed by atoms with Crippen LogP contribution in [0.2, 0.25) is 0 Å². The summed E-state index contributed by atoms with van der Waals surface area (Å²) in [6.45, 7) is 2.54. The molecular formula is C45H82O15. The van der Waals surface area contributed by atoms with E-state index in [0.717, 1.165) is 57.8 Å². The summed E-state index contributed by atoms with van der Waals surface area (Å²) in [6, 6.07) is 0. The van der Waals surface area contributed by atoms with Gasteiger partial charge in [-0.2, -0.15) is 0 Å². The van der Waals surface area contributed by atoms with E-state index in [1.807, 2.05) is 0 Å². The average molecular weight is 863 g/mol. The Morgan fingerprint density at radius 3 is 1.47 bits per heavy atom. The van der Waals surface area contributed by atoms with Crippen molar-refractivity contribution in [3.8, 4) is 0 Å². The van der Waals surface area contributed by atoms with Crippen LogP contribution in [0.4, 0.5) is 0 Å². The van der Waals surface area contributed by atoms with Crippen LogP contribution in [-0.2, 0) is 38.0 Å². The molecule has 0 bridgehead atoms.